The molecule has 5 heteroatoms. The van der Waals surface area contributed by atoms with E-state index in [0.717, 1.165) is 48.0 Å². The van der Waals surface area contributed by atoms with Crippen molar-refractivity contribution in [2.45, 2.75) is 32.2 Å². The van der Waals surface area contributed by atoms with Gasteiger partial charge in [-0.1, -0.05) is 30.3 Å². The predicted octanol–water partition coefficient (Wildman–Crippen LogP) is 1.95. The number of rotatable bonds is 3. The topological polar surface area (TPSA) is 58.1 Å². The Morgan fingerprint density at radius 3 is 2.83 bits per heavy atom. The lowest BCUT2D eigenvalue weighted by Gasteiger charge is -2.18. The summed E-state index contributed by atoms with van der Waals surface area (Å²) in [6.45, 7) is 4.50. The van der Waals surface area contributed by atoms with E-state index >= 15 is 0 Å². The Kier molecular flexibility index (Phi) is 3.58. The van der Waals surface area contributed by atoms with Gasteiger partial charge in [0.2, 0.25) is 5.91 Å². The lowest BCUT2D eigenvalue weighted by molar-refractivity contribution is -0.117. The zero-order chi connectivity index (χ0) is 15.8. The van der Waals surface area contributed by atoms with Crippen molar-refractivity contribution in [2.24, 2.45) is 0 Å². The molecule has 0 spiro atoms. The number of hydrogen-bond acceptors (Lipinski definition) is 4. The Morgan fingerprint density at radius 1 is 1.26 bits per heavy atom. The Morgan fingerprint density at radius 2 is 2.09 bits per heavy atom. The third kappa shape index (κ3) is 2.61. The second-order valence-electron chi connectivity index (χ2n) is 6.30. The van der Waals surface area contributed by atoms with Crippen LogP contribution in [0.2, 0.25) is 0 Å². The number of benzene rings is 1. The maximum Gasteiger partial charge on any atom is 0.233 e. The Hall–Kier alpha value is -2.27. The van der Waals surface area contributed by atoms with Crippen molar-refractivity contribution in [1.82, 2.24) is 15.3 Å². The molecule has 1 fully saturated rings. The fourth-order valence-electron chi connectivity index (χ4n) is 3.38. The van der Waals surface area contributed by atoms with Crippen LogP contribution in [0, 0.1) is 6.92 Å². The van der Waals surface area contributed by atoms with Crippen LogP contribution in [0.15, 0.2) is 30.3 Å². The van der Waals surface area contributed by atoms with E-state index < -0.39 is 0 Å². The molecule has 4 rings (SSSR count). The highest BCUT2D eigenvalue weighted by Crippen LogP contribution is 2.32. The van der Waals surface area contributed by atoms with E-state index in [4.69, 9.17) is 4.98 Å². The van der Waals surface area contributed by atoms with Crippen molar-refractivity contribution in [1.29, 1.82) is 0 Å². The van der Waals surface area contributed by atoms with Gasteiger partial charge in [-0.05, 0) is 25.5 Å². The van der Waals surface area contributed by atoms with E-state index in [2.05, 4.69) is 10.3 Å². The van der Waals surface area contributed by atoms with E-state index in [9.17, 15) is 4.79 Å². The molecule has 0 radical (unpaired) electrons. The number of aromatic nitrogens is 2. The number of nitrogens with zero attached hydrogens (tertiary/aromatic N) is 3. The highest BCUT2D eigenvalue weighted by Gasteiger charge is 2.32. The van der Waals surface area contributed by atoms with E-state index in [1.807, 2.05) is 42.2 Å². The van der Waals surface area contributed by atoms with Gasteiger partial charge < -0.3 is 5.32 Å². The fourth-order valence-corrected chi connectivity index (χ4v) is 3.38. The Balaban J connectivity index is 1.70. The van der Waals surface area contributed by atoms with Gasteiger partial charge in [-0.3, -0.25) is 9.69 Å². The largest absolute Gasteiger partial charge is 0.316 e. The summed E-state index contributed by atoms with van der Waals surface area (Å²) in [6.07, 6.45) is 1.47. The second-order valence-corrected chi connectivity index (χ2v) is 6.30. The van der Waals surface area contributed by atoms with Crippen molar-refractivity contribution in [3.05, 3.63) is 53.0 Å². The molecule has 0 saturated carbocycles. The quantitative estimate of drug-likeness (QED) is 0.941. The van der Waals surface area contributed by atoms with Crippen LogP contribution >= 0.6 is 0 Å². The van der Waals surface area contributed by atoms with Gasteiger partial charge in [0.05, 0.1) is 13.0 Å². The molecule has 1 aromatic heterocycles. The molecule has 0 aliphatic carbocycles. The van der Waals surface area contributed by atoms with Crippen molar-refractivity contribution < 1.29 is 4.79 Å². The first-order chi connectivity index (χ1) is 11.2. The first kappa shape index (κ1) is 14.3. The average molecular weight is 308 g/mol. The summed E-state index contributed by atoms with van der Waals surface area (Å²) in [5.41, 5.74) is 3.05. The SMILES string of the molecule is Cc1nc(C2CCNC2)nc2c1CC(=O)N2Cc1ccccc1. The lowest BCUT2D eigenvalue weighted by atomic mass is 10.1. The molecule has 23 heavy (non-hydrogen) atoms. The van der Waals surface area contributed by atoms with Crippen LogP contribution in [-0.2, 0) is 17.8 Å². The van der Waals surface area contributed by atoms with E-state index in [-0.39, 0.29) is 5.91 Å². The van der Waals surface area contributed by atoms with Gasteiger partial charge in [-0.25, -0.2) is 9.97 Å². The van der Waals surface area contributed by atoms with Crippen LogP contribution < -0.4 is 10.2 Å². The zero-order valence-electron chi connectivity index (χ0n) is 13.2. The highest BCUT2D eigenvalue weighted by atomic mass is 16.2. The minimum Gasteiger partial charge on any atom is -0.316 e. The molecule has 0 bridgehead atoms. The van der Waals surface area contributed by atoms with Crippen molar-refractivity contribution in [3.8, 4) is 0 Å². The highest BCUT2D eigenvalue weighted by molar-refractivity contribution is 6.00. The van der Waals surface area contributed by atoms with Crippen LogP contribution in [0.25, 0.3) is 0 Å². The standard InChI is InChI=1S/C18H20N4O/c1-12-15-9-16(23)22(11-13-5-3-2-4-6-13)18(15)21-17(20-12)14-7-8-19-10-14/h2-6,14,19H,7-11H2,1H3. The van der Waals surface area contributed by atoms with Crippen LogP contribution in [0.1, 0.15) is 35.0 Å². The first-order valence-corrected chi connectivity index (χ1v) is 8.15. The zero-order valence-corrected chi connectivity index (χ0v) is 13.2. The molecule has 1 amide bonds. The van der Waals surface area contributed by atoms with Crippen LogP contribution in [0.4, 0.5) is 5.82 Å². The van der Waals surface area contributed by atoms with Gasteiger partial charge in [0.1, 0.15) is 11.6 Å². The minimum atomic E-state index is 0.114. The van der Waals surface area contributed by atoms with E-state index in [1.165, 1.54) is 0 Å². The number of hydrogen-bond donors (Lipinski definition) is 1. The molecular weight excluding hydrogens is 288 g/mol. The minimum absolute atomic E-state index is 0.114. The number of carbonyl (C=O) groups is 1. The van der Waals surface area contributed by atoms with Crippen molar-refractivity contribution >= 4 is 11.7 Å². The number of anilines is 1. The summed E-state index contributed by atoms with van der Waals surface area (Å²) >= 11 is 0. The lowest BCUT2D eigenvalue weighted by Crippen LogP contribution is -2.27. The van der Waals surface area contributed by atoms with Gasteiger partial charge in [0.25, 0.3) is 0 Å². The molecule has 1 unspecified atom stereocenters. The molecule has 2 aromatic rings. The second kappa shape index (κ2) is 5.74. The summed E-state index contributed by atoms with van der Waals surface area (Å²) in [5, 5.41) is 3.36. The molecule has 3 heterocycles. The smallest absolute Gasteiger partial charge is 0.233 e. The average Bonchev–Trinajstić information content (AvgIpc) is 3.19. The van der Waals surface area contributed by atoms with Crippen LogP contribution in [-0.4, -0.2) is 29.0 Å². The van der Waals surface area contributed by atoms with Crippen LogP contribution in [0.5, 0.6) is 0 Å². The maximum absolute atomic E-state index is 12.5. The maximum atomic E-state index is 12.5. The number of aryl methyl sites for hydroxylation is 1. The van der Waals surface area contributed by atoms with Gasteiger partial charge in [-0.2, -0.15) is 0 Å². The molecule has 5 nitrogen and oxygen atoms in total. The summed E-state index contributed by atoms with van der Waals surface area (Å²) in [5.74, 6) is 2.16. The number of amides is 1. The normalized spacial score (nSPS) is 20.1. The molecule has 2 aliphatic heterocycles. The third-order valence-corrected chi connectivity index (χ3v) is 4.70. The molecule has 1 saturated heterocycles. The van der Waals surface area contributed by atoms with Gasteiger partial charge in [0, 0.05) is 23.7 Å². The molecule has 2 aliphatic rings. The number of carbonyl (C=O) groups excluding carboxylic acids is 1. The van der Waals surface area contributed by atoms with Crippen molar-refractivity contribution in [2.75, 3.05) is 18.0 Å². The summed E-state index contributed by atoms with van der Waals surface area (Å²) in [4.78, 5) is 23.7. The van der Waals surface area contributed by atoms with Crippen LogP contribution in [0.3, 0.4) is 0 Å². The number of nitrogens with one attached hydrogen (secondary N) is 1. The van der Waals surface area contributed by atoms with Crippen molar-refractivity contribution in [3.63, 3.8) is 0 Å². The molecule has 1 aromatic carbocycles. The summed E-state index contributed by atoms with van der Waals surface area (Å²) in [7, 11) is 0. The Labute approximate surface area is 135 Å². The number of fused-ring (bicyclic) bond motifs is 1. The van der Waals surface area contributed by atoms with Gasteiger partial charge in [0.15, 0.2) is 0 Å². The molecule has 1 atom stereocenters. The molecular formula is C18H20N4O. The third-order valence-electron chi connectivity index (χ3n) is 4.70. The fraction of sp³-hybridized carbons (Fsp3) is 0.389. The van der Waals surface area contributed by atoms with E-state index in [1.54, 1.807) is 0 Å². The first-order valence-electron chi connectivity index (χ1n) is 8.15. The van der Waals surface area contributed by atoms with Gasteiger partial charge in [-0.15, -0.1) is 0 Å². The Bertz CT molecular complexity index is 738. The van der Waals surface area contributed by atoms with E-state index in [0.29, 0.717) is 18.9 Å². The van der Waals surface area contributed by atoms with Gasteiger partial charge >= 0.3 is 0 Å². The monoisotopic (exact) mass is 308 g/mol. The molecule has 1 N–H and O–H groups in total. The summed E-state index contributed by atoms with van der Waals surface area (Å²) in [6, 6.07) is 10.1. The predicted molar refractivity (Wildman–Crippen MR) is 88.3 cm³/mol. The molecule has 118 valence electrons. The summed E-state index contributed by atoms with van der Waals surface area (Å²) < 4.78 is 0.